The quantitative estimate of drug-likeness (QED) is 0.0505. The van der Waals surface area contributed by atoms with Crippen LogP contribution in [0.1, 0.15) is 196 Å². The van der Waals surface area contributed by atoms with E-state index in [1.54, 1.807) is 0 Å². The molecule has 4 fully saturated rings. The molecule has 5 rings (SSSR count). The number of aliphatic hydroxyl groups is 3. The van der Waals surface area contributed by atoms with Crippen LogP contribution in [0.25, 0.3) is 0 Å². The number of fused-ring (bicyclic) bond motifs is 5. The van der Waals surface area contributed by atoms with Gasteiger partial charge in [-0.15, -0.1) is 0 Å². The minimum absolute atomic E-state index is 0.146. The highest BCUT2D eigenvalue weighted by Gasteiger charge is 2.59. The third-order valence-corrected chi connectivity index (χ3v) is 17.0. The molecule has 9 unspecified atom stereocenters. The number of unbranched alkanes of at least 4 members (excludes halogenated alkanes) is 8. The van der Waals surface area contributed by atoms with Crippen molar-refractivity contribution in [3.05, 3.63) is 36.0 Å². The van der Waals surface area contributed by atoms with E-state index in [1.807, 2.05) is 0 Å². The number of carbonyl (C=O) groups is 1. The third kappa shape index (κ3) is 12.6. The molecule has 3 N–H and O–H groups in total. The fourth-order valence-electron chi connectivity index (χ4n) is 13.1. The number of esters is 1. The second-order valence-corrected chi connectivity index (χ2v) is 21.1. The Labute approximate surface area is 367 Å². The van der Waals surface area contributed by atoms with Gasteiger partial charge in [-0.05, 0) is 149 Å². The van der Waals surface area contributed by atoms with Crippen molar-refractivity contribution in [2.75, 3.05) is 6.61 Å². The summed E-state index contributed by atoms with van der Waals surface area (Å²) in [6, 6.07) is 0. The highest BCUT2D eigenvalue weighted by molar-refractivity contribution is 5.69. The molecule has 7 heteroatoms. The van der Waals surface area contributed by atoms with Crippen molar-refractivity contribution in [3.63, 3.8) is 0 Å². The lowest BCUT2D eigenvalue weighted by Crippen LogP contribution is -2.60. The van der Waals surface area contributed by atoms with E-state index in [-0.39, 0.29) is 24.1 Å². The monoisotopic (exact) mass is 839 g/mol. The molecule has 4 aliphatic carbocycles. The lowest BCUT2D eigenvalue weighted by molar-refractivity contribution is -0.313. The standard InChI is InChI=1S/C53H90O7/c1-8-10-11-12-13-14-15-16-17-18-19-20-21-22-23-24-47(54)58-36-46-48(55)49(56)50(57)51(60-46)59-41-31-33-52(6)40(35-41)27-28-42-44-30-29-43(53(44,7)34-32-45(42)52)38(5)25-26-39(9-2)37(3)4/h13-14,16-17,27,37-39,41-46,48-51,55-57H,8-12,15,18-26,28-36H2,1-7H3/b14-13+,17-16+/t38?,39?,41?,42?,43?,44?,45?,46-,48-,49+,50-,51-,52?,53?/m1/s1. The van der Waals surface area contributed by atoms with Gasteiger partial charge in [-0.25, -0.2) is 0 Å². The maximum atomic E-state index is 12.6. The molecule has 0 aromatic heterocycles. The van der Waals surface area contributed by atoms with Gasteiger partial charge in [0.1, 0.15) is 31.0 Å². The largest absolute Gasteiger partial charge is 0.463 e. The van der Waals surface area contributed by atoms with Crippen LogP contribution in [0.4, 0.5) is 0 Å². The van der Waals surface area contributed by atoms with Crippen LogP contribution < -0.4 is 0 Å². The van der Waals surface area contributed by atoms with Crippen LogP contribution in [0.2, 0.25) is 0 Å². The van der Waals surface area contributed by atoms with Crippen molar-refractivity contribution in [2.45, 2.75) is 233 Å². The molecule has 1 aliphatic heterocycles. The first-order valence-electron chi connectivity index (χ1n) is 25.3. The van der Waals surface area contributed by atoms with E-state index < -0.39 is 30.7 Å². The summed E-state index contributed by atoms with van der Waals surface area (Å²) in [4.78, 5) is 12.6. The van der Waals surface area contributed by atoms with Crippen LogP contribution >= 0.6 is 0 Å². The van der Waals surface area contributed by atoms with E-state index in [0.29, 0.717) is 17.8 Å². The smallest absolute Gasteiger partial charge is 0.305 e. The number of allylic oxidation sites excluding steroid dienone is 5. The van der Waals surface area contributed by atoms with Crippen LogP contribution in [-0.2, 0) is 19.0 Å². The molecule has 0 bridgehead atoms. The molecule has 3 saturated carbocycles. The molecule has 344 valence electrons. The average molecular weight is 839 g/mol. The van der Waals surface area contributed by atoms with Crippen LogP contribution in [0.5, 0.6) is 0 Å². The zero-order valence-corrected chi connectivity index (χ0v) is 39.3. The molecule has 0 aromatic carbocycles. The van der Waals surface area contributed by atoms with Crippen molar-refractivity contribution in [3.8, 4) is 0 Å². The van der Waals surface area contributed by atoms with Gasteiger partial charge in [0.25, 0.3) is 0 Å². The van der Waals surface area contributed by atoms with Crippen molar-refractivity contribution in [2.24, 2.45) is 52.3 Å². The zero-order valence-electron chi connectivity index (χ0n) is 39.3. The van der Waals surface area contributed by atoms with Crippen molar-refractivity contribution >= 4 is 5.97 Å². The van der Waals surface area contributed by atoms with Gasteiger partial charge >= 0.3 is 5.97 Å². The van der Waals surface area contributed by atoms with Crippen LogP contribution in [0.15, 0.2) is 36.0 Å². The first-order valence-corrected chi connectivity index (χ1v) is 25.3. The summed E-state index contributed by atoms with van der Waals surface area (Å²) < 4.78 is 18.0. The van der Waals surface area contributed by atoms with Gasteiger partial charge in [0.15, 0.2) is 6.29 Å². The highest BCUT2D eigenvalue weighted by Crippen LogP contribution is 2.67. The first kappa shape index (κ1) is 49.5. The van der Waals surface area contributed by atoms with E-state index in [1.165, 1.54) is 76.2 Å². The fourth-order valence-corrected chi connectivity index (χ4v) is 13.1. The Balaban J connectivity index is 1.03. The molecule has 0 spiro atoms. The molecule has 0 radical (unpaired) electrons. The van der Waals surface area contributed by atoms with Crippen LogP contribution in [-0.4, -0.2) is 64.7 Å². The van der Waals surface area contributed by atoms with E-state index in [0.717, 1.165) is 106 Å². The van der Waals surface area contributed by atoms with Crippen molar-refractivity contribution in [1.82, 2.24) is 0 Å². The Hall–Kier alpha value is -1.51. The Morgan fingerprint density at radius 2 is 1.55 bits per heavy atom. The van der Waals surface area contributed by atoms with Gasteiger partial charge < -0.3 is 29.5 Å². The number of aliphatic hydroxyl groups excluding tert-OH is 3. The van der Waals surface area contributed by atoms with Gasteiger partial charge in [-0.2, -0.15) is 0 Å². The molecule has 1 saturated heterocycles. The molecule has 14 atom stereocenters. The Morgan fingerprint density at radius 1 is 0.833 bits per heavy atom. The molecule has 7 nitrogen and oxygen atoms in total. The topological polar surface area (TPSA) is 105 Å². The zero-order chi connectivity index (χ0) is 43.3. The van der Waals surface area contributed by atoms with E-state index in [2.05, 4.69) is 78.8 Å². The molecule has 0 aromatic rings. The number of hydrogen-bond donors (Lipinski definition) is 3. The summed E-state index contributed by atoms with van der Waals surface area (Å²) in [6.45, 7) is 17.0. The lowest BCUT2D eigenvalue weighted by atomic mass is 9.47. The number of hydrogen-bond acceptors (Lipinski definition) is 7. The summed E-state index contributed by atoms with van der Waals surface area (Å²) in [5.74, 6) is 5.20. The van der Waals surface area contributed by atoms with Gasteiger partial charge in [0.2, 0.25) is 0 Å². The Bertz CT molecular complexity index is 1370. The van der Waals surface area contributed by atoms with Crippen molar-refractivity contribution < 1.29 is 34.3 Å². The summed E-state index contributed by atoms with van der Waals surface area (Å²) in [5.41, 5.74) is 2.12. The van der Waals surface area contributed by atoms with Crippen LogP contribution in [0, 0.1) is 52.3 Å². The lowest BCUT2D eigenvalue weighted by Gasteiger charge is -2.58. The maximum absolute atomic E-state index is 12.6. The second-order valence-electron chi connectivity index (χ2n) is 21.1. The average Bonchev–Trinajstić information content (AvgIpc) is 3.59. The maximum Gasteiger partial charge on any atom is 0.305 e. The summed E-state index contributed by atoms with van der Waals surface area (Å²) in [7, 11) is 0. The molecular formula is C53H90O7. The van der Waals surface area contributed by atoms with Gasteiger partial charge in [-0.3, -0.25) is 4.79 Å². The number of ether oxygens (including phenoxy) is 3. The summed E-state index contributed by atoms with van der Waals surface area (Å²) in [6.07, 6.45) is 31.2. The predicted molar refractivity (Wildman–Crippen MR) is 244 cm³/mol. The number of rotatable bonds is 24. The third-order valence-electron chi connectivity index (χ3n) is 17.0. The summed E-state index contributed by atoms with van der Waals surface area (Å²) >= 11 is 0. The molecule has 5 aliphatic rings. The van der Waals surface area contributed by atoms with E-state index in [9.17, 15) is 20.1 Å². The molecule has 1 heterocycles. The molecule has 60 heavy (non-hydrogen) atoms. The fraction of sp³-hybridized carbons (Fsp3) is 0.868. The van der Waals surface area contributed by atoms with Crippen molar-refractivity contribution in [1.29, 1.82) is 0 Å². The van der Waals surface area contributed by atoms with E-state index >= 15 is 0 Å². The SMILES string of the molecule is CCCCC/C=C/C/C=C/CCCCCCCC(=O)OC[C@H]1O[C@@H](OC2CCC3(C)C(=CCC4C3CCC3(C)C(C(C)CCC(CC)C(C)C)CCC43)C2)[C@H](O)[C@@H](O)[C@@H]1O. The van der Waals surface area contributed by atoms with Gasteiger partial charge in [0.05, 0.1) is 6.10 Å². The minimum Gasteiger partial charge on any atom is -0.463 e. The molecular weight excluding hydrogens is 749 g/mol. The van der Waals surface area contributed by atoms with E-state index in [4.69, 9.17) is 14.2 Å². The normalized spacial score (nSPS) is 36.5. The highest BCUT2D eigenvalue weighted by atomic mass is 16.7. The Kier molecular flexibility index (Phi) is 19.8. The number of carbonyl (C=O) groups excluding carboxylic acids is 1. The second kappa shape index (κ2) is 24.0. The van der Waals surface area contributed by atoms with Gasteiger partial charge in [0, 0.05) is 6.42 Å². The van der Waals surface area contributed by atoms with Crippen LogP contribution in [0.3, 0.4) is 0 Å². The first-order chi connectivity index (χ1) is 28.8. The minimum atomic E-state index is -1.45. The van der Waals surface area contributed by atoms with Gasteiger partial charge in [-0.1, -0.05) is 129 Å². The predicted octanol–water partition coefficient (Wildman–Crippen LogP) is 12.2. The summed E-state index contributed by atoms with van der Waals surface area (Å²) in [5, 5.41) is 32.5. The molecule has 0 amide bonds. The Morgan fingerprint density at radius 3 is 2.27 bits per heavy atom.